The van der Waals surface area contributed by atoms with Gasteiger partial charge in [-0.1, -0.05) is 0 Å². The summed E-state index contributed by atoms with van der Waals surface area (Å²) in [5, 5.41) is 0. The normalized spacial score (nSPS) is 10.1. The molecule has 0 spiro atoms. The Morgan fingerprint density at radius 2 is 2.00 bits per heavy atom. The van der Waals surface area contributed by atoms with Crippen molar-refractivity contribution in [1.82, 2.24) is 0 Å². The molecule has 0 aliphatic carbocycles. The van der Waals surface area contributed by atoms with Crippen molar-refractivity contribution in [2.75, 3.05) is 17.3 Å². The van der Waals surface area contributed by atoms with Gasteiger partial charge in [0.05, 0.1) is 0 Å². The Morgan fingerprint density at radius 1 is 1.40 bits per heavy atom. The highest BCUT2D eigenvalue weighted by molar-refractivity contribution is 6.19. The fourth-order valence-electron chi connectivity index (χ4n) is 1.34. The van der Waals surface area contributed by atoms with Crippen LogP contribution in [-0.2, 0) is 4.79 Å². The minimum absolute atomic E-state index is 0.0425. The van der Waals surface area contributed by atoms with Gasteiger partial charge in [0, 0.05) is 24.5 Å². The molecule has 1 aromatic carbocycles. The van der Waals surface area contributed by atoms with Crippen LogP contribution in [0.15, 0.2) is 24.3 Å². The summed E-state index contributed by atoms with van der Waals surface area (Å²) in [5.74, 6) is -0.0463. The Morgan fingerprint density at radius 3 is 2.47 bits per heavy atom. The maximum absolute atomic E-state index is 12.7. The molecule has 1 amide bonds. The molecular formula is C11H13ClFNO. The second-order valence-electron chi connectivity index (χ2n) is 3.05. The topological polar surface area (TPSA) is 20.3 Å². The molecule has 4 heteroatoms. The highest BCUT2D eigenvalue weighted by Crippen LogP contribution is 2.15. The number of anilines is 1. The van der Waals surface area contributed by atoms with Gasteiger partial charge in [-0.15, -0.1) is 11.6 Å². The van der Waals surface area contributed by atoms with Crippen LogP contribution < -0.4 is 4.90 Å². The van der Waals surface area contributed by atoms with Crippen molar-refractivity contribution >= 4 is 23.2 Å². The van der Waals surface area contributed by atoms with Gasteiger partial charge >= 0.3 is 0 Å². The largest absolute Gasteiger partial charge is 0.313 e. The van der Waals surface area contributed by atoms with Crippen LogP contribution in [0.1, 0.15) is 13.3 Å². The van der Waals surface area contributed by atoms with E-state index in [-0.39, 0.29) is 11.7 Å². The molecule has 82 valence electrons. The van der Waals surface area contributed by atoms with Gasteiger partial charge in [-0.05, 0) is 31.2 Å². The molecule has 0 fully saturated rings. The second kappa shape index (κ2) is 5.71. The van der Waals surface area contributed by atoms with E-state index < -0.39 is 0 Å². The number of amides is 1. The predicted molar refractivity (Wildman–Crippen MR) is 59.8 cm³/mol. The highest BCUT2D eigenvalue weighted by Gasteiger charge is 2.12. The van der Waals surface area contributed by atoms with E-state index in [1.807, 2.05) is 6.92 Å². The predicted octanol–water partition coefficient (Wildman–Crippen LogP) is 2.81. The molecule has 1 aromatic rings. The summed E-state index contributed by atoms with van der Waals surface area (Å²) in [6.45, 7) is 2.43. The number of hydrogen-bond donors (Lipinski definition) is 0. The third-order valence-electron chi connectivity index (χ3n) is 2.06. The van der Waals surface area contributed by atoms with Crippen molar-refractivity contribution in [3.8, 4) is 0 Å². The first kappa shape index (κ1) is 12.0. The zero-order chi connectivity index (χ0) is 11.3. The van der Waals surface area contributed by atoms with Gasteiger partial charge < -0.3 is 4.90 Å². The number of carbonyl (C=O) groups excluding carboxylic acids is 1. The standard InChI is InChI=1S/C11H13ClFNO/c1-2-14(11(15)7-8-12)10-5-3-9(13)4-6-10/h3-6H,2,7-8H2,1H3. The molecule has 0 bridgehead atoms. The molecule has 0 saturated carbocycles. The van der Waals surface area contributed by atoms with Gasteiger partial charge in [0.2, 0.25) is 5.91 Å². The van der Waals surface area contributed by atoms with Crippen LogP contribution in [0.4, 0.5) is 10.1 Å². The summed E-state index contributed by atoms with van der Waals surface area (Å²) in [6.07, 6.45) is 0.298. The molecule has 2 nitrogen and oxygen atoms in total. The highest BCUT2D eigenvalue weighted by atomic mass is 35.5. The Balaban J connectivity index is 2.82. The van der Waals surface area contributed by atoms with E-state index >= 15 is 0 Å². The average molecular weight is 230 g/mol. The maximum Gasteiger partial charge on any atom is 0.228 e. The number of nitrogens with zero attached hydrogens (tertiary/aromatic N) is 1. The molecular weight excluding hydrogens is 217 g/mol. The fourth-order valence-corrected chi connectivity index (χ4v) is 1.50. The van der Waals surface area contributed by atoms with Crippen LogP contribution in [0.2, 0.25) is 0 Å². The lowest BCUT2D eigenvalue weighted by Crippen LogP contribution is -2.30. The number of halogens is 2. The third-order valence-corrected chi connectivity index (χ3v) is 2.25. The summed E-state index contributed by atoms with van der Waals surface area (Å²) in [4.78, 5) is 13.2. The number of alkyl halides is 1. The summed E-state index contributed by atoms with van der Waals surface area (Å²) < 4.78 is 12.7. The summed E-state index contributed by atoms with van der Waals surface area (Å²) in [5.41, 5.74) is 0.703. The minimum atomic E-state index is -0.306. The lowest BCUT2D eigenvalue weighted by atomic mass is 10.2. The van der Waals surface area contributed by atoms with E-state index in [9.17, 15) is 9.18 Å². The summed E-state index contributed by atoms with van der Waals surface area (Å²) >= 11 is 5.50. The van der Waals surface area contributed by atoms with Gasteiger partial charge in [-0.3, -0.25) is 4.79 Å². The fraction of sp³-hybridized carbons (Fsp3) is 0.364. The number of rotatable bonds is 4. The first-order chi connectivity index (χ1) is 7.19. The zero-order valence-electron chi connectivity index (χ0n) is 8.54. The Hall–Kier alpha value is -1.09. The van der Waals surface area contributed by atoms with Crippen molar-refractivity contribution in [1.29, 1.82) is 0 Å². The van der Waals surface area contributed by atoms with Crippen molar-refractivity contribution in [2.24, 2.45) is 0 Å². The van der Waals surface area contributed by atoms with E-state index in [2.05, 4.69) is 0 Å². The van der Waals surface area contributed by atoms with Crippen LogP contribution in [0, 0.1) is 5.82 Å². The molecule has 0 heterocycles. The van der Waals surface area contributed by atoms with Crippen molar-refractivity contribution in [3.05, 3.63) is 30.1 Å². The molecule has 0 radical (unpaired) electrons. The summed E-state index contributed by atoms with van der Waals surface area (Å²) in [6, 6.07) is 5.86. The Labute approximate surface area is 93.6 Å². The molecule has 0 N–H and O–H groups in total. The molecule has 0 saturated heterocycles. The van der Waals surface area contributed by atoms with Gasteiger partial charge in [0.25, 0.3) is 0 Å². The van der Waals surface area contributed by atoms with E-state index in [1.165, 1.54) is 12.1 Å². The van der Waals surface area contributed by atoms with E-state index in [0.717, 1.165) is 0 Å². The monoisotopic (exact) mass is 229 g/mol. The molecule has 1 rings (SSSR count). The Kier molecular flexibility index (Phi) is 4.56. The molecule has 15 heavy (non-hydrogen) atoms. The van der Waals surface area contributed by atoms with Crippen LogP contribution in [0.25, 0.3) is 0 Å². The van der Waals surface area contributed by atoms with E-state index in [1.54, 1.807) is 17.0 Å². The zero-order valence-corrected chi connectivity index (χ0v) is 9.30. The average Bonchev–Trinajstić information content (AvgIpc) is 2.22. The first-order valence-corrected chi connectivity index (χ1v) is 5.34. The maximum atomic E-state index is 12.7. The van der Waals surface area contributed by atoms with Crippen LogP contribution in [0.3, 0.4) is 0 Å². The van der Waals surface area contributed by atoms with E-state index in [4.69, 9.17) is 11.6 Å². The molecule has 0 atom stereocenters. The molecule has 0 aliphatic heterocycles. The molecule has 0 aliphatic rings. The van der Waals surface area contributed by atoms with Crippen LogP contribution in [0.5, 0.6) is 0 Å². The minimum Gasteiger partial charge on any atom is -0.313 e. The number of hydrogen-bond acceptors (Lipinski definition) is 1. The second-order valence-corrected chi connectivity index (χ2v) is 3.43. The van der Waals surface area contributed by atoms with Gasteiger partial charge in [0.1, 0.15) is 5.82 Å². The lowest BCUT2D eigenvalue weighted by Gasteiger charge is -2.20. The molecule has 0 aromatic heterocycles. The van der Waals surface area contributed by atoms with Crippen molar-refractivity contribution in [2.45, 2.75) is 13.3 Å². The first-order valence-electron chi connectivity index (χ1n) is 4.81. The third kappa shape index (κ3) is 3.20. The number of carbonyl (C=O) groups is 1. The van der Waals surface area contributed by atoms with Gasteiger partial charge in [-0.25, -0.2) is 4.39 Å². The Bertz CT molecular complexity index is 326. The van der Waals surface area contributed by atoms with Crippen molar-refractivity contribution in [3.63, 3.8) is 0 Å². The van der Waals surface area contributed by atoms with Gasteiger partial charge in [-0.2, -0.15) is 0 Å². The van der Waals surface area contributed by atoms with Crippen LogP contribution >= 0.6 is 11.6 Å². The van der Waals surface area contributed by atoms with Gasteiger partial charge in [0.15, 0.2) is 0 Å². The number of benzene rings is 1. The SMILES string of the molecule is CCN(C(=O)CCCl)c1ccc(F)cc1. The summed E-state index contributed by atoms with van der Waals surface area (Å²) in [7, 11) is 0. The quantitative estimate of drug-likeness (QED) is 0.727. The van der Waals surface area contributed by atoms with E-state index in [0.29, 0.717) is 24.5 Å². The van der Waals surface area contributed by atoms with Crippen molar-refractivity contribution < 1.29 is 9.18 Å². The molecule has 0 unspecified atom stereocenters. The van der Waals surface area contributed by atoms with Crippen LogP contribution in [-0.4, -0.2) is 18.3 Å². The smallest absolute Gasteiger partial charge is 0.228 e. The lowest BCUT2D eigenvalue weighted by molar-refractivity contribution is -0.118.